The Balaban J connectivity index is 2.20. The number of hydrogen-bond donors (Lipinski definition) is 2. The van der Waals surface area contributed by atoms with E-state index < -0.39 is 11.2 Å². The molecule has 0 aromatic rings. The first-order valence-electron chi connectivity index (χ1n) is 7.14. The van der Waals surface area contributed by atoms with Crippen molar-refractivity contribution < 1.29 is 14.7 Å². The summed E-state index contributed by atoms with van der Waals surface area (Å²) in [6.07, 6.45) is 6.27. The molecule has 1 rings (SSSR count). The van der Waals surface area contributed by atoms with Crippen LogP contribution in [0, 0.1) is 5.92 Å². The van der Waals surface area contributed by atoms with Crippen LogP contribution in [0.25, 0.3) is 0 Å². The van der Waals surface area contributed by atoms with E-state index in [0.717, 1.165) is 12.8 Å². The van der Waals surface area contributed by atoms with Crippen LogP contribution in [0.1, 0.15) is 52.4 Å². The number of carboxylic acids is 1. The van der Waals surface area contributed by atoms with E-state index in [2.05, 4.69) is 5.32 Å². The van der Waals surface area contributed by atoms with Crippen molar-refractivity contribution in [3.63, 3.8) is 0 Å². The minimum absolute atomic E-state index is 0.0623. The maximum absolute atomic E-state index is 11.8. The number of hydrogen-bond acceptors (Lipinski definition) is 3. The number of nitrogens with one attached hydrogen (secondary N) is 1. The van der Waals surface area contributed by atoms with Gasteiger partial charge in [0.2, 0.25) is 5.91 Å². The van der Waals surface area contributed by atoms with Gasteiger partial charge in [0.25, 0.3) is 0 Å². The number of carbonyl (C=O) groups is 2. The number of carbonyl (C=O) groups excluding carboxylic acids is 1. The Morgan fingerprint density at radius 1 is 1.26 bits per heavy atom. The van der Waals surface area contributed by atoms with E-state index in [1.807, 2.05) is 13.8 Å². The topological polar surface area (TPSA) is 66.4 Å². The molecule has 2 N–H and O–H groups in total. The van der Waals surface area contributed by atoms with Crippen molar-refractivity contribution in [3.05, 3.63) is 0 Å². The molecule has 1 aliphatic carbocycles. The lowest BCUT2D eigenvalue weighted by Gasteiger charge is -2.23. The van der Waals surface area contributed by atoms with Gasteiger partial charge in [0.15, 0.2) is 0 Å². The Kier molecular flexibility index (Phi) is 7.28. The third kappa shape index (κ3) is 6.32. The Hall–Kier alpha value is -0.710. The fraction of sp³-hybridized carbons (Fsp3) is 0.857. The van der Waals surface area contributed by atoms with Crippen LogP contribution >= 0.6 is 11.8 Å². The number of rotatable bonds is 7. The highest BCUT2D eigenvalue weighted by Gasteiger charge is 2.22. The minimum Gasteiger partial charge on any atom is -0.480 e. The second kappa shape index (κ2) is 8.46. The number of amides is 1. The molecule has 1 aliphatic rings. The van der Waals surface area contributed by atoms with E-state index in [4.69, 9.17) is 5.11 Å². The van der Waals surface area contributed by atoms with E-state index in [-0.39, 0.29) is 11.8 Å². The van der Waals surface area contributed by atoms with Crippen LogP contribution in [-0.2, 0) is 9.59 Å². The lowest BCUT2D eigenvalue weighted by atomic mass is 9.95. The molecule has 0 aromatic heterocycles. The fourth-order valence-electron chi connectivity index (χ4n) is 2.37. The second-order valence-corrected chi connectivity index (χ2v) is 6.78. The summed E-state index contributed by atoms with van der Waals surface area (Å²) >= 11 is 1.37. The van der Waals surface area contributed by atoms with Gasteiger partial charge in [0.05, 0.1) is 0 Å². The average molecular weight is 287 g/mol. The lowest BCUT2D eigenvalue weighted by molar-refractivity contribution is -0.137. The van der Waals surface area contributed by atoms with Gasteiger partial charge in [-0.1, -0.05) is 33.1 Å². The van der Waals surface area contributed by atoms with Gasteiger partial charge in [0.1, 0.15) is 5.25 Å². The minimum atomic E-state index is -0.785. The van der Waals surface area contributed by atoms with Crippen LogP contribution in [0.4, 0.5) is 0 Å². The molecule has 1 amide bonds. The van der Waals surface area contributed by atoms with E-state index in [0.29, 0.717) is 18.2 Å². The highest BCUT2D eigenvalue weighted by molar-refractivity contribution is 8.00. The fourth-order valence-corrected chi connectivity index (χ4v) is 3.46. The zero-order valence-corrected chi connectivity index (χ0v) is 12.7. The van der Waals surface area contributed by atoms with Crippen LogP contribution < -0.4 is 5.32 Å². The van der Waals surface area contributed by atoms with Crippen LogP contribution in [0.3, 0.4) is 0 Å². The zero-order valence-electron chi connectivity index (χ0n) is 11.9. The van der Waals surface area contributed by atoms with Gasteiger partial charge in [0, 0.05) is 18.2 Å². The molecule has 0 heterocycles. The Bertz CT molecular complexity index is 301. The first-order valence-corrected chi connectivity index (χ1v) is 8.19. The molecule has 0 bridgehead atoms. The van der Waals surface area contributed by atoms with Crippen molar-refractivity contribution in [2.45, 2.75) is 63.7 Å². The predicted octanol–water partition coefficient (Wildman–Crippen LogP) is 2.67. The van der Waals surface area contributed by atoms with Crippen molar-refractivity contribution in [1.82, 2.24) is 5.32 Å². The maximum atomic E-state index is 11.8. The molecule has 1 unspecified atom stereocenters. The van der Waals surface area contributed by atoms with Gasteiger partial charge >= 0.3 is 5.97 Å². The van der Waals surface area contributed by atoms with Crippen molar-refractivity contribution in [3.8, 4) is 0 Å². The van der Waals surface area contributed by atoms with E-state index >= 15 is 0 Å². The summed E-state index contributed by atoms with van der Waals surface area (Å²) in [7, 11) is 0. The number of carboxylic acid groups (broad SMARTS) is 1. The molecule has 19 heavy (non-hydrogen) atoms. The summed E-state index contributed by atoms with van der Waals surface area (Å²) in [6.45, 7) is 3.79. The van der Waals surface area contributed by atoms with Gasteiger partial charge in [-0.05, 0) is 18.8 Å². The largest absolute Gasteiger partial charge is 0.480 e. The number of thioether (sulfide) groups is 1. The summed E-state index contributed by atoms with van der Waals surface area (Å²) in [6, 6.07) is 0.339. The summed E-state index contributed by atoms with van der Waals surface area (Å²) in [4.78, 5) is 22.8. The van der Waals surface area contributed by atoms with Crippen molar-refractivity contribution in [2.24, 2.45) is 5.92 Å². The first-order chi connectivity index (χ1) is 9.00. The van der Waals surface area contributed by atoms with Gasteiger partial charge in [-0.15, -0.1) is 11.8 Å². The molecule has 0 aromatic carbocycles. The molecule has 4 nitrogen and oxygen atoms in total. The molecule has 0 saturated heterocycles. The maximum Gasteiger partial charge on any atom is 0.316 e. The van der Waals surface area contributed by atoms with Gasteiger partial charge < -0.3 is 10.4 Å². The molecule has 0 aliphatic heterocycles. The molecule has 0 spiro atoms. The molecule has 1 saturated carbocycles. The molecular formula is C14H25NO3S. The summed E-state index contributed by atoms with van der Waals surface area (Å²) < 4.78 is 0. The summed E-state index contributed by atoms with van der Waals surface area (Å²) in [5.41, 5.74) is 0. The quantitative estimate of drug-likeness (QED) is 0.755. The van der Waals surface area contributed by atoms with Gasteiger partial charge in [-0.25, -0.2) is 0 Å². The first kappa shape index (κ1) is 16.3. The molecule has 110 valence electrons. The van der Waals surface area contributed by atoms with Crippen LogP contribution in [0.5, 0.6) is 0 Å². The Morgan fingerprint density at radius 2 is 1.89 bits per heavy atom. The monoisotopic (exact) mass is 287 g/mol. The van der Waals surface area contributed by atoms with E-state index in [1.165, 1.54) is 31.0 Å². The standard InChI is InChI=1S/C14H25NO3S/c1-10(2)13(14(17)18)19-9-8-12(16)15-11-6-4-3-5-7-11/h10-11,13H,3-9H2,1-2H3,(H,15,16)(H,17,18). The molecular weight excluding hydrogens is 262 g/mol. The molecule has 0 radical (unpaired) electrons. The van der Waals surface area contributed by atoms with Gasteiger partial charge in [-0.3, -0.25) is 9.59 Å². The third-order valence-corrected chi connectivity index (χ3v) is 4.99. The van der Waals surface area contributed by atoms with Crippen LogP contribution in [0.15, 0.2) is 0 Å². The normalized spacial score (nSPS) is 18.3. The van der Waals surface area contributed by atoms with Gasteiger partial charge in [-0.2, -0.15) is 0 Å². The highest BCUT2D eigenvalue weighted by atomic mass is 32.2. The highest BCUT2D eigenvalue weighted by Crippen LogP contribution is 2.21. The van der Waals surface area contributed by atoms with Crippen LogP contribution in [0.2, 0.25) is 0 Å². The second-order valence-electron chi connectivity index (χ2n) is 5.53. The van der Waals surface area contributed by atoms with E-state index in [9.17, 15) is 9.59 Å². The molecule has 1 atom stereocenters. The zero-order chi connectivity index (χ0) is 14.3. The number of aliphatic carboxylic acids is 1. The third-order valence-electron chi connectivity index (χ3n) is 3.45. The lowest BCUT2D eigenvalue weighted by Crippen LogP contribution is -2.36. The summed E-state index contributed by atoms with van der Waals surface area (Å²) in [5.74, 6) is -0.0582. The smallest absolute Gasteiger partial charge is 0.316 e. The SMILES string of the molecule is CC(C)C(SCCC(=O)NC1CCCCC1)C(=O)O. The van der Waals surface area contributed by atoms with Crippen LogP contribution in [-0.4, -0.2) is 34.0 Å². The Labute approximate surface area is 119 Å². The van der Waals surface area contributed by atoms with Crippen molar-refractivity contribution in [1.29, 1.82) is 0 Å². The molecule has 5 heteroatoms. The van der Waals surface area contributed by atoms with Crippen molar-refractivity contribution in [2.75, 3.05) is 5.75 Å². The molecule has 1 fully saturated rings. The Morgan fingerprint density at radius 3 is 2.42 bits per heavy atom. The predicted molar refractivity (Wildman–Crippen MR) is 78.4 cm³/mol. The van der Waals surface area contributed by atoms with E-state index in [1.54, 1.807) is 0 Å². The summed E-state index contributed by atoms with van der Waals surface area (Å²) in [5, 5.41) is 11.7. The van der Waals surface area contributed by atoms with Crippen molar-refractivity contribution >= 4 is 23.6 Å². The average Bonchev–Trinajstić information content (AvgIpc) is 2.34.